The van der Waals surface area contributed by atoms with Gasteiger partial charge in [-0.2, -0.15) is 4.98 Å². The Morgan fingerprint density at radius 1 is 1.09 bits per heavy atom. The number of pyridine rings is 1. The van der Waals surface area contributed by atoms with Gasteiger partial charge in [-0.3, -0.25) is 9.52 Å². The van der Waals surface area contributed by atoms with Gasteiger partial charge in [0.15, 0.2) is 0 Å². The summed E-state index contributed by atoms with van der Waals surface area (Å²) >= 11 is 0. The van der Waals surface area contributed by atoms with Gasteiger partial charge in [0.1, 0.15) is 21.4 Å². The van der Waals surface area contributed by atoms with Crippen molar-refractivity contribution >= 4 is 42.7 Å². The third-order valence-corrected chi connectivity index (χ3v) is 8.29. The molecule has 3 aromatic rings. The number of furan rings is 1. The lowest BCUT2D eigenvalue weighted by molar-refractivity contribution is 0.0964. The summed E-state index contributed by atoms with van der Waals surface area (Å²) in [6.45, 7) is 1.96. The molecular formula is C24H29N3O6S2. The number of hydrogen-bond acceptors (Lipinski definition) is 7. The first-order chi connectivity index (χ1) is 16.5. The van der Waals surface area contributed by atoms with Crippen molar-refractivity contribution in [1.82, 2.24) is 10.3 Å². The van der Waals surface area contributed by atoms with Gasteiger partial charge in [-0.15, -0.1) is 0 Å². The highest BCUT2D eigenvalue weighted by Gasteiger charge is 2.31. The van der Waals surface area contributed by atoms with E-state index in [0.29, 0.717) is 22.3 Å². The molecule has 0 aliphatic heterocycles. The van der Waals surface area contributed by atoms with Crippen LogP contribution in [0.5, 0.6) is 0 Å². The molecule has 0 spiro atoms. The highest BCUT2D eigenvalue weighted by molar-refractivity contribution is 7.92. The average Bonchev–Trinajstić information content (AvgIpc) is 3.56. The molecule has 0 unspecified atom stereocenters. The molecule has 0 radical (unpaired) electrons. The largest absolute Gasteiger partial charge is 0.437 e. The van der Waals surface area contributed by atoms with Crippen LogP contribution in [0.25, 0.3) is 22.4 Å². The zero-order chi connectivity index (χ0) is 25.4. The van der Waals surface area contributed by atoms with E-state index >= 15 is 0 Å². The van der Waals surface area contributed by atoms with Crippen LogP contribution in [0.15, 0.2) is 34.7 Å². The average molecular weight is 520 g/mol. The van der Waals surface area contributed by atoms with E-state index in [1.807, 2.05) is 31.2 Å². The number of aromatic nitrogens is 1. The molecule has 0 bridgehead atoms. The normalized spacial score (nSPS) is 14.3. The molecular weight excluding hydrogens is 490 g/mol. The van der Waals surface area contributed by atoms with Crippen LogP contribution in [-0.4, -0.2) is 52.5 Å². The number of amides is 1. The Morgan fingerprint density at radius 3 is 2.34 bits per heavy atom. The monoisotopic (exact) mass is 519 g/mol. The molecule has 1 aromatic carbocycles. The number of fused-ring (bicyclic) bond motifs is 1. The lowest BCUT2D eigenvalue weighted by Gasteiger charge is -2.11. The van der Waals surface area contributed by atoms with Gasteiger partial charge in [0.2, 0.25) is 15.7 Å². The Labute approximate surface area is 205 Å². The molecule has 1 aliphatic rings. The Morgan fingerprint density at radius 2 is 1.74 bits per heavy atom. The minimum atomic E-state index is -3.76. The number of carbonyl (C=O) groups excluding carboxylic acids is 1. The topological polar surface area (TPSA) is 135 Å². The number of nitrogens with zero attached hydrogens (tertiary/aromatic N) is 1. The van der Waals surface area contributed by atoms with E-state index in [2.05, 4.69) is 15.0 Å². The van der Waals surface area contributed by atoms with Crippen LogP contribution in [-0.2, 0) is 19.9 Å². The second kappa shape index (κ2) is 9.62. The van der Waals surface area contributed by atoms with Gasteiger partial charge in [0.25, 0.3) is 5.91 Å². The molecule has 1 amide bonds. The molecule has 1 saturated carbocycles. The number of nitrogens with one attached hydrogen (secondary N) is 2. The highest BCUT2D eigenvalue weighted by Crippen LogP contribution is 2.45. The van der Waals surface area contributed by atoms with Gasteiger partial charge in [0, 0.05) is 24.6 Å². The number of carbonyl (C=O) groups is 1. The first kappa shape index (κ1) is 25.2. The van der Waals surface area contributed by atoms with E-state index in [0.717, 1.165) is 30.2 Å². The van der Waals surface area contributed by atoms with E-state index in [-0.39, 0.29) is 47.7 Å². The molecule has 1 aliphatic carbocycles. The number of benzene rings is 1. The SMILES string of the molecule is CNC(=O)c1c(-c2ccc(C)cc2)oc2nc(NS(=O)(=O)CCCCS(C)(=O)=O)c(C3CC3)cc12. The lowest BCUT2D eigenvalue weighted by atomic mass is 10.0. The zero-order valence-corrected chi connectivity index (χ0v) is 21.6. The van der Waals surface area contributed by atoms with Crippen molar-refractivity contribution in [2.24, 2.45) is 0 Å². The van der Waals surface area contributed by atoms with Crippen molar-refractivity contribution in [3.8, 4) is 11.3 Å². The molecule has 11 heteroatoms. The molecule has 2 aromatic heterocycles. The molecule has 0 saturated heterocycles. The van der Waals surface area contributed by atoms with Crippen molar-refractivity contribution < 1.29 is 26.0 Å². The number of anilines is 1. The maximum absolute atomic E-state index is 12.8. The fraction of sp³-hybridized carbons (Fsp3) is 0.417. The van der Waals surface area contributed by atoms with E-state index in [9.17, 15) is 21.6 Å². The van der Waals surface area contributed by atoms with Crippen LogP contribution in [0.4, 0.5) is 5.82 Å². The summed E-state index contributed by atoms with van der Waals surface area (Å²) in [5.41, 5.74) is 3.02. The van der Waals surface area contributed by atoms with E-state index in [4.69, 9.17) is 4.42 Å². The fourth-order valence-electron chi connectivity index (χ4n) is 3.94. The molecule has 2 heterocycles. The van der Waals surface area contributed by atoms with Gasteiger partial charge >= 0.3 is 0 Å². The second-order valence-corrected chi connectivity index (χ2v) is 13.2. The van der Waals surface area contributed by atoms with E-state index in [1.54, 1.807) is 13.1 Å². The number of unbranched alkanes of at least 4 members (excludes halogenated alkanes) is 1. The van der Waals surface area contributed by atoms with Crippen LogP contribution in [0.3, 0.4) is 0 Å². The number of sulfone groups is 1. The summed E-state index contributed by atoms with van der Waals surface area (Å²) in [7, 11) is -5.36. The number of rotatable bonds is 10. The number of sulfonamides is 1. The predicted octanol–water partition coefficient (Wildman–Crippen LogP) is 3.61. The second-order valence-electron chi connectivity index (χ2n) is 9.06. The third-order valence-electron chi connectivity index (χ3n) is 5.93. The fourth-order valence-corrected chi connectivity index (χ4v) is 5.81. The van der Waals surface area contributed by atoms with Crippen LogP contribution >= 0.6 is 0 Å². The lowest BCUT2D eigenvalue weighted by Crippen LogP contribution is -2.20. The van der Waals surface area contributed by atoms with Gasteiger partial charge in [-0.25, -0.2) is 16.8 Å². The van der Waals surface area contributed by atoms with Crippen molar-refractivity contribution in [2.45, 2.75) is 38.5 Å². The molecule has 188 valence electrons. The Kier molecular flexibility index (Phi) is 6.92. The first-order valence-corrected chi connectivity index (χ1v) is 15.1. The maximum Gasteiger partial charge on any atom is 0.255 e. The number of hydrogen-bond donors (Lipinski definition) is 2. The Balaban J connectivity index is 1.72. The summed E-state index contributed by atoms with van der Waals surface area (Å²) < 4.78 is 56.7. The van der Waals surface area contributed by atoms with Crippen molar-refractivity contribution in [3.63, 3.8) is 0 Å². The molecule has 1 fully saturated rings. The first-order valence-electron chi connectivity index (χ1n) is 11.4. The number of aryl methyl sites for hydroxylation is 1. The third kappa shape index (κ3) is 6.02. The van der Waals surface area contributed by atoms with Crippen LogP contribution in [0.1, 0.15) is 53.1 Å². The van der Waals surface area contributed by atoms with Gasteiger partial charge in [-0.05, 0) is 50.2 Å². The minimum Gasteiger partial charge on any atom is -0.437 e. The summed E-state index contributed by atoms with van der Waals surface area (Å²) in [6, 6.07) is 9.36. The van der Waals surface area contributed by atoms with Crippen LogP contribution in [0, 0.1) is 6.92 Å². The smallest absolute Gasteiger partial charge is 0.255 e. The molecule has 4 rings (SSSR count). The highest BCUT2D eigenvalue weighted by atomic mass is 32.2. The van der Waals surface area contributed by atoms with E-state index < -0.39 is 19.9 Å². The Hall–Kier alpha value is -2.92. The summed E-state index contributed by atoms with van der Waals surface area (Å²) in [6.07, 6.45) is 3.39. The van der Waals surface area contributed by atoms with Crippen molar-refractivity contribution in [2.75, 3.05) is 29.5 Å². The molecule has 2 N–H and O–H groups in total. The molecule has 9 nitrogen and oxygen atoms in total. The zero-order valence-electron chi connectivity index (χ0n) is 19.9. The predicted molar refractivity (Wildman–Crippen MR) is 136 cm³/mol. The quantitative estimate of drug-likeness (QED) is 0.391. The van der Waals surface area contributed by atoms with Crippen molar-refractivity contribution in [3.05, 3.63) is 47.0 Å². The minimum absolute atomic E-state index is 0.0590. The summed E-state index contributed by atoms with van der Waals surface area (Å²) in [5.74, 6) is 0.108. The summed E-state index contributed by atoms with van der Waals surface area (Å²) in [5, 5.41) is 3.18. The van der Waals surface area contributed by atoms with Crippen LogP contribution in [0.2, 0.25) is 0 Å². The molecule has 0 atom stereocenters. The van der Waals surface area contributed by atoms with Gasteiger partial charge < -0.3 is 9.73 Å². The summed E-state index contributed by atoms with van der Waals surface area (Å²) in [4.78, 5) is 17.3. The van der Waals surface area contributed by atoms with Crippen LogP contribution < -0.4 is 10.0 Å². The standard InChI is InChI=1S/C24H29N3O6S2/c1-15-6-8-17(9-7-15)21-20(23(28)25-2)19-14-18(16-10-11-16)22(26-24(19)33-21)27-35(31,32)13-5-4-12-34(3,29)30/h6-9,14,16H,4-5,10-13H2,1-3H3,(H,25,28)(H,26,27). The Bertz CT molecular complexity index is 1470. The maximum atomic E-state index is 12.8. The van der Waals surface area contributed by atoms with Gasteiger partial charge in [-0.1, -0.05) is 29.8 Å². The van der Waals surface area contributed by atoms with Crippen molar-refractivity contribution in [1.29, 1.82) is 0 Å². The van der Waals surface area contributed by atoms with E-state index in [1.165, 1.54) is 0 Å². The van der Waals surface area contributed by atoms with Gasteiger partial charge in [0.05, 0.1) is 16.7 Å². The molecule has 35 heavy (non-hydrogen) atoms.